The number of rotatable bonds is 22. The molecule has 0 spiro atoms. The summed E-state index contributed by atoms with van der Waals surface area (Å²) in [7, 11) is -34.9. The third kappa shape index (κ3) is 15.4. The molecule has 0 atom stereocenters. The van der Waals surface area contributed by atoms with Gasteiger partial charge in [0.15, 0.2) is 17.2 Å². The Kier molecular flexibility index (Phi) is 19.8. The van der Waals surface area contributed by atoms with Gasteiger partial charge in [-0.2, -0.15) is 69.2 Å². The summed E-state index contributed by atoms with van der Waals surface area (Å²) in [6.07, 6.45) is 0. The zero-order valence-electron chi connectivity index (χ0n) is 51.2. The van der Waals surface area contributed by atoms with Crippen molar-refractivity contribution in [1.29, 1.82) is 0 Å². The monoisotopic (exact) mass is 1540 g/mol. The van der Waals surface area contributed by atoms with Crippen molar-refractivity contribution in [2.45, 2.75) is 48.1 Å². The first-order chi connectivity index (χ1) is 47.5. The molecule has 0 bridgehead atoms. The largest absolute Gasteiger partial charge is 0.507 e. The number of azo groups is 5. The average Bonchev–Trinajstić information content (AvgIpc) is 0.667. The summed E-state index contributed by atoms with van der Waals surface area (Å²) in [5, 5.41) is 86.5. The van der Waals surface area contributed by atoms with Crippen molar-refractivity contribution in [2.24, 2.45) is 51.1 Å². The SMILES string of the molecule is CCOc1cc(N=Nc2cc(S(=O)(=O)O)cc3cc(S(=O)(=O)O)cc(O)c23)c(OCC)cc1N=Nc1c(S(=O)(=O)O)cc2ccc(N=Nc3c(NC)ccc4c(O)c(N=Nc5ccc6cc(S(=O)(=O)O)c(N=Nc7cc(S(=O)(=O)O)ccc7S(=O)(=O)O)c(O)c6c5)c(S(=O)(=O)O)cc34)cc2c1O. The smallest absolute Gasteiger partial charge is 0.296 e. The Morgan fingerprint density at radius 3 is 1.19 bits per heavy atom. The second-order valence-corrected chi connectivity index (χ2v) is 30.7. The van der Waals surface area contributed by atoms with E-state index in [1.54, 1.807) is 13.8 Å². The van der Waals surface area contributed by atoms with Crippen LogP contribution in [0.1, 0.15) is 13.8 Å². The van der Waals surface area contributed by atoms with Crippen LogP contribution in [-0.4, -0.2) is 131 Å². The minimum atomic E-state index is -5.41. The maximum atomic E-state index is 13.2. The van der Waals surface area contributed by atoms with Crippen molar-refractivity contribution in [3.63, 3.8) is 0 Å². The van der Waals surface area contributed by atoms with Crippen LogP contribution in [0.15, 0.2) is 207 Å². The van der Waals surface area contributed by atoms with Gasteiger partial charge in [-0.15, -0.1) is 40.9 Å². The molecule has 45 heteroatoms. The first-order valence-electron chi connectivity index (χ1n) is 27.9. The molecule has 0 heterocycles. The molecule has 0 fully saturated rings. The molecular formula is C57H45N11O27S7. The molecule has 0 aliphatic carbocycles. The summed E-state index contributed by atoms with van der Waals surface area (Å²) in [5.74, 6) is -4.15. The molecule has 10 rings (SSSR count). The van der Waals surface area contributed by atoms with Gasteiger partial charge in [0, 0.05) is 46.8 Å². The third-order valence-corrected chi connectivity index (χ3v) is 20.4. The first-order valence-corrected chi connectivity index (χ1v) is 38.0. The van der Waals surface area contributed by atoms with E-state index in [0.717, 1.165) is 54.6 Å². The molecule has 12 N–H and O–H groups in total. The Hall–Kier alpha value is -10.8. The first kappa shape index (κ1) is 73.9. The highest BCUT2D eigenvalue weighted by atomic mass is 32.2. The van der Waals surface area contributed by atoms with Gasteiger partial charge in [0.05, 0.1) is 56.0 Å². The fourth-order valence-electron chi connectivity index (χ4n) is 9.89. The van der Waals surface area contributed by atoms with Crippen LogP contribution >= 0.6 is 0 Å². The molecule has 0 radical (unpaired) electrons. The molecule has 0 aromatic heterocycles. The summed E-state index contributed by atoms with van der Waals surface area (Å²) in [6.45, 7) is 2.94. The van der Waals surface area contributed by atoms with Gasteiger partial charge in [-0.3, -0.25) is 31.9 Å². The molecule has 0 amide bonds. The van der Waals surface area contributed by atoms with E-state index in [9.17, 15) is 111 Å². The number of phenolic OH excluding ortho intramolecular Hbond substituents is 4. The summed E-state index contributed by atoms with van der Waals surface area (Å²) in [6, 6.07) is 18.9. The third-order valence-electron chi connectivity index (χ3n) is 14.4. The second-order valence-electron chi connectivity index (χ2n) is 20.9. The van der Waals surface area contributed by atoms with Crippen LogP contribution in [0, 0.1) is 0 Å². The van der Waals surface area contributed by atoms with Crippen molar-refractivity contribution in [1.82, 2.24) is 0 Å². The predicted octanol–water partition coefficient (Wildman–Crippen LogP) is 12.8. The molecule has 0 aliphatic rings. The molecule has 0 aliphatic heterocycles. The summed E-state index contributed by atoms with van der Waals surface area (Å²) in [5.41, 5.74) is -5.32. The normalized spacial score (nSPS) is 13.2. The number of fused-ring (bicyclic) bond motifs is 4. The predicted molar refractivity (Wildman–Crippen MR) is 357 cm³/mol. The van der Waals surface area contributed by atoms with Gasteiger partial charge in [0.25, 0.3) is 70.8 Å². The lowest BCUT2D eigenvalue weighted by atomic mass is 10.1. The van der Waals surface area contributed by atoms with E-state index in [0.29, 0.717) is 24.3 Å². The highest BCUT2D eigenvalue weighted by molar-refractivity contribution is 7.87. The van der Waals surface area contributed by atoms with E-state index in [4.69, 9.17) is 9.47 Å². The second kappa shape index (κ2) is 27.3. The van der Waals surface area contributed by atoms with Gasteiger partial charge in [-0.1, -0.05) is 12.1 Å². The number of aromatic hydroxyl groups is 4. The zero-order chi connectivity index (χ0) is 74.7. The number of nitrogens with zero attached hydrogens (tertiary/aromatic N) is 10. The summed E-state index contributed by atoms with van der Waals surface area (Å²) < 4.78 is 255. The number of hydrogen-bond acceptors (Lipinski definition) is 31. The molecule has 10 aromatic rings. The highest BCUT2D eigenvalue weighted by Crippen LogP contribution is 2.50. The van der Waals surface area contributed by atoms with E-state index < -0.39 is 157 Å². The van der Waals surface area contributed by atoms with E-state index in [-0.39, 0.29) is 102 Å². The molecule has 0 unspecified atom stereocenters. The van der Waals surface area contributed by atoms with Crippen molar-refractivity contribution in [3.8, 4) is 34.5 Å². The number of phenols is 4. The van der Waals surface area contributed by atoms with Crippen LogP contribution < -0.4 is 14.8 Å². The summed E-state index contributed by atoms with van der Waals surface area (Å²) >= 11 is 0. The number of anilines is 1. The van der Waals surface area contributed by atoms with Gasteiger partial charge in [-0.05, 0) is 121 Å². The maximum absolute atomic E-state index is 13.2. The minimum absolute atomic E-state index is 0.0453. The van der Waals surface area contributed by atoms with E-state index >= 15 is 0 Å². The Bertz CT molecular complexity index is 6300. The number of nitrogens with one attached hydrogen (secondary N) is 1. The quantitative estimate of drug-likeness (QED) is 0.0221. The average molecular weight is 1540 g/mol. The number of benzene rings is 10. The van der Waals surface area contributed by atoms with Crippen LogP contribution in [0.2, 0.25) is 0 Å². The number of ether oxygens (including phenoxy) is 2. The molecule has 532 valence electrons. The van der Waals surface area contributed by atoms with Gasteiger partial charge in [0.1, 0.15) is 76.6 Å². The van der Waals surface area contributed by atoms with Crippen molar-refractivity contribution < 1.29 is 121 Å². The standard InChI is InChI=1S/C57H45N11O27S7/c1-4-94-44-25-40(45(95-5-2)24-39(44)61-64-42-21-32(97(76,77)78)14-28-15-33(98(79,80)81)22-43(69)50(28)42)62-67-52-47(100(85,86)87)16-26-6-8-29(18-35(26)56(52)71)59-65-51-37-23-49(102(91,92)93)54(55(70)34(37)11-12-38(51)58-3)66-60-30-9-7-27-17-48(101(88,89)90)53(57(72)36(27)19-30)68-63-41-20-31(96(73,74)75)10-13-46(41)99(82,83)84/h6-25,58,69-72H,4-5H2,1-3H3,(H,73,74,75)(H,76,77,78)(H,79,80,81)(H,82,83,84)(H,85,86,87)(H,88,89,90)(H,91,92,93). The minimum Gasteiger partial charge on any atom is -0.507 e. The molecule has 38 nitrogen and oxygen atoms in total. The highest BCUT2D eigenvalue weighted by Gasteiger charge is 2.29. The van der Waals surface area contributed by atoms with E-state index in [1.807, 2.05) is 0 Å². The van der Waals surface area contributed by atoms with Gasteiger partial charge < -0.3 is 35.2 Å². The van der Waals surface area contributed by atoms with Gasteiger partial charge >= 0.3 is 0 Å². The lowest BCUT2D eigenvalue weighted by molar-refractivity contribution is 0.332. The van der Waals surface area contributed by atoms with Crippen molar-refractivity contribution in [2.75, 3.05) is 25.6 Å². The maximum Gasteiger partial charge on any atom is 0.296 e. The molecule has 102 heavy (non-hydrogen) atoms. The zero-order valence-corrected chi connectivity index (χ0v) is 57.0. The van der Waals surface area contributed by atoms with Crippen LogP contribution in [-0.2, 0) is 70.8 Å². The Labute approximate surface area is 574 Å². The van der Waals surface area contributed by atoms with Crippen LogP contribution in [0.4, 0.5) is 62.6 Å². The fourth-order valence-corrected chi connectivity index (χ4v) is 14.0. The molecular weight excluding hydrogens is 1500 g/mol. The Balaban J connectivity index is 1.02. The summed E-state index contributed by atoms with van der Waals surface area (Å²) in [4.78, 5) is -6.97. The van der Waals surface area contributed by atoms with Crippen LogP contribution in [0.25, 0.3) is 43.1 Å². The number of hydrogen-bond donors (Lipinski definition) is 12. The van der Waals surface area contributed by atoms with E-state index in [2.05, 4.69) is 56.5 Å². The Morgan fingerprint density at radius 1 is 0.333 bits per heavy atom. The van der Waals surface area contributed by atoms with Crippen LogP contribution in [0.3, 0.4) is 0 Å². The molecule has 0 saturated carbocycles. The van der Waals surface area contributed by atoms with Crippen molar-refractivity contribution >= 4 is 176 Å². The lowest BCUT2D eigenvalue weighted by Gasteiger charge is -2.13. The van der Waals surface area contributed by atoms with Gasteiger partial charge in [0.2, 0.25) is 0 Å². The fraction of sp³-hybridized carbons (Fsp3) is 0.0877. The lowest BCUT2D eigenvalue weighted by Crippen LogP contribution is -2.02. The van der Waals surface area contributed by atoms with Gasteiger partial charge in [-0.25, -0.2) is 0 Å². The Morgan fingerprint density at radius 2 is 0.735 bits per heavy atom. The topological polar surface area (TPSA) is 616 Å². The molecule has 0 saturated heterocycles. The molecule has 10 aromatic carbocycles. The van der Waals surface area contributed by atoms with E-state index in [1.165, 1.54) is 49.5 Å². The van der Waals surface area contributed by atoms with Crippen molar-refractivity contribution in [3.05, 3.63) is 121 Å². The van der Waals surface area contributed by atoms with Crippen LogP contribution in [0.5, 0.6) is 34.5 Å².